The van der Waals surface area contributed by atoms with Crippen LogP contribution in [0.4, 0.5) is 0 Å². The van der Waals surface area contributed by atoms with Crippen LogP contribution in [0, 0.1) is 20.8 Å². The van der Waals surface area contributed by atoms with Gasteiger partial charge in [0.2, 0.25) is 0 Å². The van der Waals surface area contributed by atoms with Crippen LogP contribution >= 0.6 is 23.1 Å². The highest BCUT2D eigenvalue weighted by atomic mass is 32.2. The Balaban J connectivity index is 1.62. The molecule has 134 valence electrons. The summed E-state index contributed by atoms with van der Waals surface area (Å²) in [6.45, 7) is 7.72. The molecule has 0 aliphatic heterocycles. The number of hydrogen-bond acceptors (Lipinski definition) is 8. The quantitative estimate of drug-likeness (QED) is 0.517. The number of aromatic nitrogens is 4. The summed E-state index contributed by atoms with van der Waals surface area (Å²) in [7, 11) is 0. The summed E-state index contributed by atoms with van der Waals surface area (Å²) in [6, 6.07) is 1.79. The molecule has 0 aromatic carbocycles. The van der Waals surface area contributed by atoms with Crippen molar-refractivity contribution in [3.8, 4) is 11.5 Å². The van der Waals surface area contributed by atoms with E-state index in [0.29, 0.717) is 22.3 Å². The molecule has 4 aromatic heterocycles. The van der Waals surface area contributed by atoms with Crippen molar-refractivity contribution in [2.24, 2.45) is 0 Å². The van der Waals surface area contributed by atoms with E-state index in [1.54, 1.807) is 12.3 Å². The van der Waals surface area contributed by atoms with Gasteiger partial charge in [0.05, 0.1) is 22.5 Å². The third kappa shape index (κ3) is 2.86. The van der Waals surface area contributed by atoms with Crippen LogP contribution in [0.2, 0.25) is 0 Å². The van der Waals surface area contributed by atoms with Crippen molar-refractivity contribution < 1.29 is 8.83 Å². The highest BCUT2D eigenvalue weighted by Crippen LogP contribution is 2.35. The third-order valence-electron chi connectivity index (χ3n) is 4.22. The number of thioether (sulfide) groups is 1. The first-order chi connectivity index (χ1) is 12.4. The van der Waals surface area contributed by atoms with E-state index in [0.717, 1.165) is 26.6 Å². The van der Waals surface area contributed by atoms with E-state index in [1.165, 1.54) is 23.1 Å². The van der Waals surface area contributed by atoms with Gasteiger partial charge in [-0.05, 0) is 39.3 Å². The Morgan fingerprint density at radius 1 is 1.27 bits per heavy atom. The summed E-state index contributed by atoms with van der Waals surface area (Å²) in [5.74, 6) is 1.72. The van der Waals surface area contributed by atoms with Crippen molar-refractivity contribution in [3.63, 3.8) is 0 Å². The molecule has 1 atom stereocenters. The molecule has 0 fully saturated rings. The van der Waals surface area contributed by atoms with Crippen LogP contribution in [0.5, 0.6) is 0 Å². The Labute approximate surface area is 156 Å². The standard InChI is InChI=1S/C17H16N4O3S2/c1-7-9(3)25-16-12(7)14(22)18-13(19-16)10(4)26-17-21-20-15(24-17)11-5-6-23-8(11)2/h5-6,10H,1-4H3,(H,18,19,22). The fraction of sp³-hybridized carbons (Fsp3) is 0.294. The average molecular weight is 388 g/mol. The molecule has 0 saturated heterocycles. The average Bonchev–Trinajstić information content (AvgIpc) is 3.28. The van der Waals surface area contributed by atoms with Crippen LogP contribution in [-0.2, 0) is 0 Å². The van der Waals surface area contributed by atoms with Crippen LogP contribution < -0.4 is 5.56 Å². The molecule has 4 aromatic rings. The number of aryl methyl sites for hydroxylation is 3. The lowest BCUT2D eigenvalue weighted by Crippen LogP contribution is -2.12. The Hall–Kier alpha value is -2.39. The summed E-state index contributed by atoms with van der Waals surface area (Å²) in [5.41, 5.74) is 1.65. The van der Waals surface area contributed by atoms with E-state index < -0.39 is 0 Å². The van der Waals surface area contributed by atoms with Gasteiger partial charge in [0.25, 0.3) is 16.7 Å². The molecule has 0 spiro atoms. The first-order valence-corrected chi connectivity index (χ1v) is 9.68. The van der Waals surface area contributed by atoms with E-state index in [4.69, 9.17) is 8.83 Å². The predicted molar refractivity (Wildman–Crippen MR) is 101 cm³/mol. The van der Waals surface area contributed by atoms with Gasteiger partial charge in [-0.3, -0.25) is 4.79 Å². The van der Waals surface area contributed by atoms with Crippen molar-refractivity contribution in [2.75, 3.05) is 0 Å². The highest BCUT2D eigenvalue weighted by molar-refractivity contribution is 7.99. The Morgan fingerprint density at radius 3 is 2.81 bits per heavy atom. The van der Waals surface area contributed by atoms with Crippen LogP contribution in [0.3, 0.4) is 0 Å². The Bertz CT molecular complexity index is 1150. The summed E-state index contributed by atoms with van der Waals surface area (Å²) >= 11 is 2.88. The lowest BCUT2D eigenvalue weighted by Gasteiger charge is -2.07. The Morgan fingerprint density at radius 2 is 2.08 bits per heavy atom. The van der Waals surface area contributed by atoms with Gasteiger partial charge in [-0.2, -0.15) is 0 Å². The summed E-state index contributed by atoms with van der Waals surface area (Å²) in [5, 5.41) is 9.07. The molecule has 0 aliphatic carbocycles. The van der Waals surface area contributed by atoms with Crippen LogP contribution in [0.1, 0.15) is 34.2 Å². The maximum atomic E-state index is 12.4. The molecule has 0 bridgehead atoms. The fourth-order valence-corrected chi connectivity index (χ4v) is 4.42. The summed E-state index contributed by atoms with van der Waals surface area (Å²) in [4.78, 5) is 21.8. The lowest BCUT2D eigenvalue weighted by molar-refractivity contribution is 0.462. The molecule has 0 saturated carbocycles. The second-order valence-corrected chi connectivity index (χ2v) is 8.43. The topological polar surface area (TPSA) is 97.8 Å². The molecular weight excluding hydrogens is 372 g/mol. The number of aromatic amines is 1. The maximum Gasteiger partial charge on any atom is 0.277 e. The normalized spacial score (nSPS) is 12.8. The molecular formula is C17H16N4O3S2. The van der Waals surface area contributed by atoms with Crippen molar-refractivity contribution >= 4 is 33.3 Å². The molecule has 4 heterocycles. The molecule has 1 unspecified atom stereocenters. The van der Waals surface area contributed by atoms with E-state index >= 15 is 0 Å². The number of rotatable bonds is 4. The fourth-order valence-electron chi connectivity index (χ4n) is 2.64. The van der Waals surface area contributed by atoms with E-state index in [2.05, 4.69) is 20.2 Å². The highest BCUT2D eigenvalue weighted by Gasteiger charge is 2.19. The van der Waals surface area contributed by atoms with Gasteiger partial charge < -0.3 is 13.8 Å². The first kappa shape index (κ1) is 17.0. The zero-order valence-corrected chi connectivity index (χ0v) is 16.2. The second kappa shape index (κ2) is 6.40. The molecule has 0 amide bonds. The monoisotopic (exact) mass is 388 g/mol. The number of nitrogens with one attached hydrogen (secondary N) is 1. The van der Waals surface area contributed by atoms with Crippen molar-refractivity contribution in [1.29, 1.82) is 0 Å². The number of H-pyrrole nitrogens is 1. The van der Waals surface area contributed by atoms with Gasteiger partial charge in [0, 0.05) is 4.88 Å². The van der Waals surface area contributed by atoms with Gasteiger partial charge in [0.1, 0.15) is 16.4 Å². The summed E-state index contributed by atoms with van der Waals surface area (Å²) < 4.78 is 11.0. The zero-order valence-electron chi connectivity index (χ0n) is 14.6. The van der Waals surface area contributed by atoms with Crippen molar-refractivity contribution in [1.82, 2.24) is 20.2 Å². The molecule has 9 heteroatoms. The lowest BCUT2D eigenvalue weighted by atomic mass is 10.2. The maximum absolute atomic E-state index is 12.4. The molecule has 1 N–H and O–H groups in total. The van der Waals surface area contributed by atoms with E-state index in [-0.39, 0.29) is 10.8 Å². The number of thiophene rings is 1. The largest absolute Gasteiger partial charge is 0.469 e. The SMILES string of the molecule is Cc1occc1-c1nnc(SC(C)c2nc3sc(C)c(C)c3c(=O)[nH]2)o1. The summed E-state index contributed by atoms with van der Waals surface area (Å²) in [6.07, 6.45) is 1.58. The van der Waals surface area contributed by atoms with Gasteiger partial charge in [-0.1, -0.05) is 11.8 Å². The number of nitrogens with zero attached hydrogens (tertiary/aromatic N) is 3. The number of furan rings is 1. The van der Waals surface area contributed by atoms with Crippen molar-refractivity contribution in [3.05, 3.63) is 44.7 Å². The Kier molecular flexibility index (Phi) is 4.20. The van der Waals surface area contributed by atoms with Gasteiger partial charge in [-0.25, -0.2) is 4.98 Å². The zero-order chi connectivity index (χ0) is 18.4. The minimum absolute atomic E-state index is 0.112. The van der Waals surface area contributed by atoms with Gasteiger partial charge >= 0.3 is 0 Å². The van der Waals surface area contributed by atoms with Gasteiger partial charge in [0.15, 0.2) is 0 Å². The van der Waals surface area contributed by atoms with Crippen LogP contribution in [0.25, 0.3) is 21.7 Å². The van der Waals surface area contributed by atoms with Crippen molar-refractivity contribution in [2.45, 2.75) is 38.2 Å². The molecule has 0 radical (unpaired) electrons. The predicted octanol–water partition coefficient (Wildman–Crippen LogP) is 4.41. The smallest absolute Gasteiger partial charge is 0.277 e. The number of fused-ring (bicyclic) bond motifs is 1. The van der Waals surface area contributed by atoms with Crippen LogP contribution in [-0.4, -0.2) is 20.2 Å². The first-order valence-electron chi connectivity index (χ1n) is 7.98. The minimum Gasteiger partial charge on any atom is -0.469 e. The van der Waals surface area contributed by atoms with Crippen LogP contribution in [0.15, 0.2) is 31.2 Å². The minimum atomic E-state index is -0.145. The molecule has 4 rings (SSSR count). The third-order valence-corrected chi connectivity index (χ3v) is 6.26. The molecule has 0 aliphatic rings. The van der Waals surface area contributed by atoms with E-state index in [1.807, 2.05) is 27.7 Å². The molecule has 26 heavy (non-hydrogen) atoms. The van der Waals surface area contributed by atoms with Gasteiger partial charge in [-0.15, -0.1) is 21.5 Å². The van der Waals surface area contributed by atoms with E-state index in [9.17, 15) is 4.79 Å². The second-order valence-electron chi connectivity index (χ2n) is 5.94. The number of hydrogen-bond donors (Lipinski definition) is 1. The molecule has 7 nitrogen and oxygen atoms in total.